The van der Waals surface area contributed by atoms with Gasteiger partial charge in [0.25, 0.3) is 0 Å². The molecule has 0 aliphatic rings. The first-order valence-corrected chi connectivity index (χ1v) is 12.5. The minimum absolute atomic E-state index is 0.0540. The summed E-state index contributed by atoms with van der Waals surface area (Å²) in [5.74, 6) is 0.269. The van der Waals surface area contributed by atoms with Gasteiger partial charge in [-0.3, -0.25) is 0 Å². The van der Waals surface area contributed by atoms with Crippen molar-refractivity contribution in [1.82, 2.24) is 9.55 Å². The van der Waals surface area contributed by atoms with Crippen molar-refractivity contribution >= 4 is 24.0 Å². The Labute approximate surface area is 155 Å². The summed E-state index contributed by atoms with van der Waals surface area (Å²) in [6.07, 6.45) is -3.47. The van der Waals surface area contributed by atoms with Gasteiger partial charge in [0.1, 0.15) is 12.6 Å². The minimum Gasteiger partial charge on any atom is -0.361 e. The average molecular weight is 435 g/mol. The molecule has 138 valence electrons. The number of nitrogens with zero attached hydrogens (tertiary/aromatic N) is 2. The van der Waals surface area contributed by atoms with E-state index < -0.39 is 19.9 Å². The lowest BCUT2D eigenvalue weighted by molar-refractivity contribution is -0.141. The monoisotopic (exact) mass is 434 g/mol. The van der Waals surface area contributed by atoms with Crippen molar-refractivity contribution in [2.75, 3.05) is 6.61 Å². The van der Waals surface area contributed by atoms with Gasteiger partial charge in [-0.1, -0.05) is 35.6 Å². The number of hydrogen-bond donors (Lipinski definition) is 0. The zero-order valence-electron chi connectivity index (χ0n) is 14.7. The normalized spacial score (nSPS) is 12.6. The van der Waals surface area contributed by atoms with E-state index in [-0.39, 0.29) is 12.6 Å². The molecule has 0 saturated heterocycles. The smallest absolute Gasteiger partial charge is 0.361 e. The molecule has 0 radical (unpaired) electrons. The average Bonchev–Trinajstić information content (AvgIpc) is 2.86. The zero-order valence-corrected chi connectivity index (χ0v) is 17.3. The van der Waals surface area contributed by atoms with Crippen molar-refractivity contribution in [3.05, 3.63) is 40.1 Å². The Bertz CT molecular complexity index is 738. The quantitative estimate of drug-likeness (QED) is 0.414. The van der Waals surface area contributed by atoms with E-state index in [4.69, 9.17) is 4.74 Å². The van der Waals surface area contributed by atoms with E-state index in [1.807, 2.05) is 13.0 Å². The molecular formula is C17H22BrF3N2OSi. The Kier molecular flexibility index (Phi) is 6.16. The highest BCUT2D eigenvalue weighted by atomic mass is 79.9. The molecule has 0 amide bonds. The number of hydrogen-bond acceptors (Lipinski definition) is 2. The Morgan fingerprint density at radius 2 is 1.92 bits per heavy atom. The largest absolute Gasteiger partial charge is 0.434 e. The molecule has 3 nitrogen and oxygen atoms in total. The predicted molar refractivity (Wildman–Crippen MR) is 99.2 cm³/mol. The number of aromatic nitrogens is 2. The van der Waals surface area contributed by atoms with Crippen LogP contribution in [0.5, 0.6) is 0 Å². The highest BCUT2D eigenvalue weighted by Crippen LogP contribution is 2.32. The van der Waals surface area contributed by atoms with Crippen LogP contribution in [-0.4, -0.2) is 24.2 Å². The summed E-state index contributed by atoms with van der Waals surface area (Å²) in [5, 5.41) is 0. The number of ether oxygens (including phenoxy) is 1. The highest BCUT2D eigenvalue weighted by Gasteiger charge is 2.35. The molecule has 0 saturated carbocycles. The number of benzene rings is 1. The summed E-state index contributed by atoms with van der Waals surface area (Å²) in [4.78, 5) is 3.82. The van der Waals surface area contributed by atoms with Gasteiger partial charge in [-0.25, -0.2) is 4.98 Å². The fraction of sp³-hybridized carbons (Fsp3) is 0.471. The number of rotatable bonds is 6. The van der Waals surface area contributed by atoms with Crippen LogP contribution in [0.15, 0.2) is 28.9 Å². The number of halogens is 4. The molecule has 0 aliphatic carbocycles. The van der Waals surface area contributed by atoms with Crippen LogP contribution >= 0.6 is 15.9 Å². The molecule has 1 aromatic heterocycles. The molecule has 0 aliphatic heterocycles. The topological polar surface area (TPSA) is 27.1 Å². The van der Waals surface area contributed by atoms with Crippen LogP contribution in [0, 0.1) is 6.92 Å². The lowest BCUT2D eigenvalue weighted by Gasteiger charge is -2.16. The van der Waals surface area contributed by atoms with E-state index in [1.165, 1.54) is 4.57 Å². The zero-order chi connectivity index (χ0) is 18.8. The lowest BCUT2D eigenvalue weighted by Crippen LogP contribution is -2.22. The van der Waals surface area contributed by atoms with E-state index >= 15 is 0 Å². The second-order valence-electron chi connectivity index (χ2n) is 7.22. The van der Waals surface area contributed by atoms with E-state index in [0.717, 1.165) is 22.3 Å². The molecule has 8 heteroatoms. The van der Waals surface area contributed by atoms with Crippen molar-refractivity contribution < 1.29 is 17.9 Å². The van der Waals surface area contributed by atoms with Crippen LogP contribution < -0.4 is 0 Å². The maximum atomic E-state index is 13.1. The van der Waals surface area contributed by atoms with Crippen molar-refractivity contribution in [1.29, 1.82) is 0 Å². The third kappa shape index (κ3) is 5.69. The number of imidazole rings is 1. The van der Waals surface area contributed by atoms with Crippen LogP contribution in [0.3, 0.4) is 0 Å². The Morgan fingerprint density at radius 3 is 2.48 bits per heavy atom. The van der Waals surface area contributed by atoms with Gasteiger partial charge >= 0.3 is 6.18 Å². The molecule has 0 N–H and O–H groups in total. The van der Waals surface area contributed by atoms with E-state index in [0.29, 0.717) is 12.2 Å². The maximum Gasteiger partial charge on any atom is 0.434 e. The standard InChI is InChI=1S/C17H22BrF3N2OSi/c1-12-9-13(18)5-6-14(12)16-22-15(17(19,20)21)10-23(16)11-24-7-8-25(2,3)4/h5-6,9-10H,7-8,11H2,1-4H3. The highest BCUT2D eigenvalue weighted by molar-refractivity contribution is 9.10. The predicted octanol–water partition coefficient (Wildman–Crippen LogP) is 5.95. The maximum absolute atomic E-state index is 13.1. The molecule has 0 unspecified atom stereocenters. The third-order valence-electron chi connectivity index (χ3n) is 3.72. The van der Waals surface area contributed by atoms with Crippen LogP contribution in [0.25, 0.3) is 11.4 Å². The summed E-state index contributed by atoms with van der Waals surface area (Å²) in [6, 6.07) is 6.37. The summed E-state index contributed by atoms with van der Waals surface area (Å²) in [6.45, 7) is 9.12. The number of alkyl halides is 3. The van der Waals surface area contributed by atoms with Crippen LogP contribution in [-0.2, 0) is 17.6 Å². The summed E-state index contributed by atoms with van der Waals surface area (Å²) < 4.78 is 47.2. The van der Waals surface area contributed by atoms with Crippen molar-refractivity contribution in [2.24, 2.45) is 0 Å². The van der Waals surface area contributed by atoms with E-state index in [2.05, 4.69) is 40.6 Å². The molecule has 25 heavy (non-hydrogen) atoms. The van der Waals surface area contributed by atoms with Gasteiger partial charge in [0.15, 0.2) is 5.69 Å². The Morgan fingerprint density at radius 1 is 1.24 bits per heavy atom. The molecule has 2 rings (SSSR count). The van der Waals surface area contributed by atoms with Crippen LogP contribution in [0.2, 0.25) is 25.7 Å². The van der Waals surface area contributed by atoms with Gasteiger partial charge in [0, 0.05) is 30.9 Å². The van der Waals surface area contributed by atoms with E-state index in [1.54, 1.807) is 12.1 Å². The molecule has 0 bridgehead atoms. The summed E-state index contributed by atoms with van der Waals surface area (Å²) >= 11 is 3.37. The molecular weight excluding hydrogens is 413 g/mol. The molecule has 1 aromatic carbocycles. The van der Waals surface area contributed by atoms with Gasteiger partial charge in [0.2, 0.25) is 0 Å². The van der Waals surface area contributed by atoms with Crippen molar-refractivity contribution in [3.63, 3.8) is 0 Å². The third-order valence-corrected chi connectivity index (χ3v) is 5.92. The molecule has 1 heterocycles. The Balaban J connectivity index is 2.29. The fourth-order valence-corrected chi connectivity index (χ4v) is 3.52. The summed E-state index contributed by atoms with van der Waals surface area (Å²) in [7, 11) is -1.25. The minimum atomic E-state index is -4.48. The van der Waals surface area contributed by atoms with Crippen LogP contribution in [0.4, 0.5) is 13.2 Å². The second kappa shape index (κ2) is 7.63. The Hall–Kier alpha value is -1.12. The van der Waals surface area contributed by atoms with Gasteiger partial charge in [-0.05, 0) is 36.7 Å². The van der Waals surface area contributed by atoms with Gasteiger partial charge in [-0.2, -0.15) is 13.2 Å². The van der Waals surface area contributed by atoms with Gasteiger partial charge in [0.05, 0.1) is 0 Å². The lowest BCUT2D eigenvalue weighted by atomic mass is 10.1. The first-order chi connectivity index (χ1) is 11.5. The molecule has 0 atom stereocenters. The van der Waals surface area contributed by atoms with Gasteiger partial charge in [-0.15, -0.1) is 0 Å². The first kappa shape index (κ1) is 20.2. The summed E-state index contributed by atoms with van der Waals surface area (Å²) in [5.41, 5.74) is 0.600. The first-order valence-electron chi connectivity index (χ1n) is 7.96. The van der Waals surface area contributed by atoms with E-state index in [9.17, 15) is 13.2 Å². The van der Waals surface area contributed by atoms with Crippen LogP contribution in [0.1, 0.15) is 11.3 Å². The fourth-order valence-electron chi connectivity index (χ4n) is 2.29. The van der Waals surface area contributed by atoms with Crippen molar-refractivity contribution in [2.45, 2.75) is 45.5 Å². The molecule has 0 fully saturated rings. The second-order valence-corrected chi connectivity index (χ2v) is 13.8. The molecule has 2 aromatic rings. The van der Waals surface area contributed by atoms with Crippen molar-refractivity contribution in [3.8, 4) is 11.4 Å². The number of aryl methyl sites for hydroxylation is 1. The molecule has 0 spiro atoms. The van der Waals surface area contributed by atoms with Gasteiger partial charge < -0.3 is 9.30 Å². The SMILES string of the molecule is Cc1cc(Br)ccc1-c1nc(C(F)(F)F)cn1COCC[Si](C)(C)C.